The molecule has 0 radical (unpaired) electrons. The molecule has 1 heterocycles. The minimum atomic E-state index is 0.190. The van der Waals surface area contributed by atoms with Crippen molar-refractivity contribution in [3.05, 3.63) is 0 Å². The first-order chi connectivity index (χ1) is 6.76. The third-order valence-electron chi connectivity index (χ3n) is 3.31. The largest absolute Gasteiger partial charge is 0.375 e. The lowest BCUT2D eigenvalue weighted by Gasteiger charge is -2.41. The molecular formula is C12H25NO. The molecule has 0 bridgehead atoms. The Morgan fingerprint density at radius 3 is 2.43 bits per heavy atom. The zero-order valence-corrected chi connectivity index (χ0v) is 9.94. The molecule has 84 valence electrons. The van der Waals surface area contributed by atoms with E-state index in [1.54, 1.807) is 0 Å². The van der Waals surface area contributed by atoms with Gasteiger partial charge in [0.05, 0.1) is 5.60 Å². The molecule has 2 heteroatoms. The summed E-state index contributed by atoms with van der Waals surface area (Å²) in [4.78, 5) is 0. The van der Waals surface area contributed by atoms with Crippen LogP contribution in [0.25, 0.3) is 0 Å². The smallest absolute Gasteiger partial charge is 0.0697 e. The third-order valence-corrected chi connectivity index (χ3v) is 3.31. The summed E-state index contributed by atoms with van der Waals surface area (Å²) >= 11 is 0. The summed E-state index contributed by atoms with van der Waals surface area (Å²) in [6.07, 6.45) is 7.28. The van der Waals surface area contributed by atoms with E-state index in [0.717, 1.165) is 6.61 Å². The monoisotopic (exact) mass is 199 g/mol. The lowest BCUT2D eigenvalue weighted by Crippen LogP contribution is -2.46. The van der Waals surface area contributed by atoms with Crippen LogP contribution in [0.15, 0.2) is 0 Å². The van der Waals surface area contributed by atoms with Crippen molar-refractivity contribution < 1.29 is 4.74 Å². The standard InChI is InChI=1S/C12H25NO/c1-4-7-12(8-5-2)10-11(13-3)6-9-14-12/h11,13H,4-10H2,1-3H3. The summed E-state index contributed by atoms with van der Waals surface area (Å²) in [6.45, 7) is 5.44. The van der Waals surface area contributed by atoms with Gasteiger partial charge in [0, 0.05) is 12.6 Å². The Hall–Kier alpha value is -0.0800. The zero-order chi connectivity index (χ0) is 10.4. The molecule has 0 spiro atoms. The maximum absolute atomic E-state index is 6.04. The van der Waals surface area contributed by atoms with E-state index in [1.807, 2.05) is 0 Å². The fourth-order valence-electron chi connectivity index (χ4n) is 2.66. The molecule has 0 aromatic carbocycles. The number of hydrogen-bond acceptors (Lipinski definition) is 2. The lowest BCUT2D eigenvalue weighted by molar-refractivity contribution is -0.0985. The highest BCUT2D eigenvalue weighted by atomic mass is 16.5. The molecule has 14 heavy (non-hydrogen) atoms. The topological polar surface area (TPSA) is 21.3 Å². The van der Waals surface area contributed by atoms with E-state index >= 15 is 0 Å². The van der Waals surface area contributed by atoms with Gasteiger partial charge >= 0.3 is 0 Å². The number of hydrogen-bond donors (Lipinski definition) is 1. The maximum Gasteiger partial charge on any atom is 0.0697 e. The average molecular weight is 199 g/mol. The van der Waals surface area contributed by atoms with E-state index in [0.29, 0.717) is 6.04 Å². The van der Waals surface area contributed by atoms with Gasteiger partial charge in [-0.2, -0.15) is 0 Å². The zero-order valence-electron chi connectivity index (χ0n) is 9.94. The quantitative estimate of drug-likeness (QED) is 0.735. The summed E-state index contributed by atoms with van der Waals surface area (Å²) in [5.41, 5.74) is 0.190. The third kappa shape index (κ3) is 2.96. The maximum atomic E-state index is 6.04. The van der Waals surface area contributed by atoms with Crippen LogP contribution in [0.1, 0.15) is 52.4 Å². The molecule has 1 aliphatic heterocycles. The molecule has 1 fully saturated rings. The van der Waals surface area contributed by atoms with Gasteiger partial charge in [-0.1, -0.05) is 26.7 Å². The molecule has 0 aromatic heterocycles. The highest BCUT2D eigenvalue weighted by molar-refractivity contribution is 4.88. The average Bonchev–Trinajstić information content (AvgIpc) is 2.19. The predicted octanol–water partition coefficient (Wildman–Crippen LogP) is 2.72. The minimum Gasteiger partial charge on any atom is -0.375 e. The number of rotatable bonds is 5. The van der Waals surface area contributed by atoms with Gasteiger partial charge < -0.3 is 10.1 Å². The van der Waals surface area contributed by atoms with E-state index in [9.17, 15) is 0 Å². The Morgan fingerprint density at radius 2 is 1.93 bits per heavy atom. The van der Waals surface area contributed by atoms with Crippen LogP contribution in [-0.4, -0.2) is 25.3 Å². The van der Waals surface area contributed by atoms with Gasteiger partial charge in [0.2, 0.25) is 0 Å². The SMILES string of the molecule is CCCC1(CCC)CC(NC)CCO1. The highest BCUT2D eigenvalue weighted by Crippen LogP contribution is 2.33. The highest BCUT2D eigenvalue weighted by Gasteiger charge is 2.35. The normalized spacial score (nSPS) is 26.4. The van der Waals surface area contributed by atoms with Gasteiger partial charge in [-0.05, 0) is 32.7 Å². The Bertz CT molecular complexity index is 147. The fourth-order valence-corrected chi connectivity index (χ4v) is 2.66. The van der Waals surface area contributed by atoms with Crippen LogP contribution >= 0.6 is 0 Å². The van der Waals surface area contributed by atoms with E-state index < -0.39 is 0 Å². The van der Waals surface area contributed by atoms with Crippen LogP contribution in [0.5, 0.6) is 0 Å². The molecule has 2 nitrogen and oxygen atoms in total. The molecule has 1 rings (SSSR count). The molecule has 1 unspecified atom stereocenters. The Labute approximate surface area is 88.4 Å². The van der Waals surface area contributed by atoms with Crippen molar-refractivity contribution in [3.63, 3.8) is 0 Å². The number of nitrogens with one attached hydrogen (secondary N) is 1. The summed E-state index contributed by atoms with van der Waals surface area (Å²) < 4.78 is 6.04. The van der Waals surface area contributed by atoms with Gasteiger partial charge in [-0.15, -0.1) is 0 Å². The second kappa shape index (κ2) is 5.72. The predicted molar refractivity (Wildman–Crippen MR) is 60.6 cm³/mol. The van der Waals surface area contributed by atoms with Crippen molar-refractivity contribution in [1.29, 1.82) is 0 Å². The van der Waals surface area contributed by atoms with Crippen LogP contribution in [-0.2, 0) is 4.74 Å². The Morgan fingerprint density at radius 1 is 1.29 bits per heavy atom. The van der Waals surface area contributed by atoms with Gasteiger partial charge in [-0.25, -0.2) is 0 Å². The van der Waals surface area contributed by atoms with Gasteiger partial charge in [0.1, 0.15) is 0 Å². The molecule has 1 aliphatic rings. The molecule has 1 atom stereocenters. The van der Waals surface area contributed by atoms with E-state index in [1.165, 1.54) is 38.5 Å². The van der Waals surface area contributed by atoms with Gasteiger partial charge in [0.15, 0.2) is 0 Å². The Balaban J connectivity index is 2.55. The molecule has 0 saturated carbocycles. The molecule has 1 N–H and O–H groups in total. The molecule has 0 aromatic rings. The molecule has 0 amide bonds. The van der Waals surface area contributed by atoms with Gasteiger partial charge in [0.25, 0.3) is 0 Å². The second-order valence-corrected chi connectivity index (χ2v) is 4.51. The van der Waals surface area contributed by atoms with Crippen molar-refractivity contribution in [2.45, 2.75) is 64.0 Å². The first-order valence-corrected chi connectivity index (χ1v) is 6.07. The summed E-state index contributed by atoms with van der Waals surface area (Å²) in [5.74, 6) is 0. The fraction of sp³-hybridized carbons (Fsp3) is 1.00. The van der Waals surface area contributed by atoms with Crippen LogP contribution < -0.4 is 5.32 Å². The minimum absolute atomic E-state index is 0.190. The van der Waals surface area contributed by atoms with Crippen molar-refractivity contribution >= 4 is 0 Å². The van der Waals surface area contributed by atoms with Crippen molar-refractivity contribution in [1.82, 2.24) is 5.32 Å². The first-order valence-electron chi connectivity index (χ1n) is 6.07. The van der Waals surface area contributed by atoms with Crippen LogP contribution in [0.2, 0.25) is 0 Å². The molecule has 0 aliphatic carbocycles. The first kappa shape index (κ1) is 12.0. The number of ether oxygens (including phenoxy) is 1. The van der Waals surface area contributed by atoms with E-state index in [-0.39, 0.29) is 5.60 Å². The van der Waals surface area contributed by atoms with Crippen LogP contribution in [0, 0.1) is 0 Å². The second-order valence-electron chi connectivity index (χ2n) is 4.51. The van der Waals surface area contributed by atoms with Crippen molar-refractivity contribution in [2.24, 2.45) is 0 Å². The lowest BCUT2D eigenvalue weighted by atomic mass is 9.83. The van der Waals surface area contributed by atoms with Crippen LogP contribution in [0.4, 0.5) is 0 Å². The van der Waals surface area contributed by atoms with E-state index in [2.05, 4.69) is 26.2 Å². The van der Waals surface area contributed by atoms with Crippen LogP contribution in [0.3, 0.4) is 0 Å². The Kier molecular flexibility index (Phi) is 4.90. The molecular weight excluding hydrogens is 174 g/mol. The van der Waals surface area contributed by atoms with Gasteiger partial charge in [-0.3, -0.25) is 0 Å². The summed E-state index contributed by atoms with van der Waals surface area (Å²) in [6, 6.07) is 0.668. The van der Waals surface area contributed by atoms with Crippen molar-refractivity contribution in [2.75, 3.05) is 13.7 Å². The van der Waals surface area contributed by atoms with Crippen molar-refractivity contribution in [3.8, 4) is 0 Å². The van der Waals surface area contributed by atoms with E-state index in [4.69, 9.17) is 4.74 Å². The summed E-state index contributed by atoms with van der Waals surface area (Å²) in [7, 11) is 2.07. The summed E-state index contributed by atoms with van der Waals surface area (Å²) in [5, 5.41) is 3.40. The molecule has 1 saturated heterocycles.